The fourth-order valence-electron chi connectivity index (χ4n) is 3.29. The van der Waals surface area contributed by atoms with Crippen molar-refractivity contribution < 1.29 is 8.42 Å². The fourth-order valence-corrected chi connectivity index (χ4v) is 4.80. The van der Waals surface area contributed by atoms with Gasteiger partial charge in [-0.1, -0.05) is 30.7 Å². The zero-order valence-electron chi connectivity index (χ0n) is 16.3. The van der Waals surface area contributed by atoms with Crippen molar-refractivity contribution in [2.75, 3.05) is 10.5 Å². The van der Waals surface area contributed by atoms with Crippen molar-refractivity contribution in [3.63, 3.8) is 0 Å². The summed E-state index contributed by atoms with van der Waals surface area (Å²) in [6.07, 6.45) is 2.43. The van der Waals surface area contributed by atoms with Gasteiger partial charge >= 0.3 is 0 Å². The number of aryl methyl sites for hydroxylation is 2. The Morgan fingerprint density at radius 2 is 1.97 bits per heavy atom. The van der Waals surface area contributed by atoms with Crippen LogP contribution in [0.15, 0.2) is 53.6 Å². The Labute approximate surface area is 178 Å². The number of anilines is 2. The Bertz CT molecular complexity index is 1370. The maximum atomic E-state index is 12.7. The minimum Gasteiger partial charge on any atom is -0.368 e. The summed E-state index contributed by atoms with van der Waals surface area (Å²) < 4.78 is 29.5. The first-order valence-corrected chi connectivity index (χ1v) is 11.0. The van der Waals surface area contributed by atoms with Crippen LogP contribution in [0.5, 0.6) is 0 Å². The summed E-state index contributed by atoms with van der Waals surface area (Å²) in [7, 11) is -2.13. The van der Waals surface area contributed by atoms with E-state index in [0.717, 1.165) is 34.1 Å². The lowest BCUT2D eigenvalue weighted by atomic mass is 10.0. The van der Waals surface area contributed by atoms with Crippen LogP contribution in [-0.2, 0) is 23.5 Å². The second-order valence-electron chi connectivity index (χ2n) is 6.73. The molecule has 8 nitrogen and oxygen atoms in total. The minimum absolute atomic E-state index is 0.00687. The van der Waals surface area contributed by atoms with E-state index in [0.29, 0.717) is 0 Å². The molecule has 154 valence electrons. The Morgan fingerprint density at radius 3 is 2.70 bits per heavy atom. The van der Waals surface area contributed by atoms with E-state index < -0.39 is 10.0 Å². The van der Waals surface area contributed by atoms with E-state index in [1.165, 1.54) is 12.1 Å². The molecular formula is C20H19ClN6O2S. The van der Waals surface area contributed by atoms with E-state index in [1.54, 1.807) is 36.1 Å². The third-order valence-electron chi connectivity index (χ3n) is 4.70. The average molecular weight is 443 g/mol. The summed E-state index contributed by atoms with van der Waals surface area (Å²) in [5.41, 5.74) is 9.15. The second-order valence-corrected chi connectivity index (χ2v) is 8.79. The third-order valence-corrected chi connectivity index (χ3v) is 6.56. The van der Waals surface area contributed by atoms with Crippen molar-refractivity contribution in [2.24, 2.45) is 7.05 Å². The van der Waals surface area contributed by atoms with Gasteiger partial charge in [-0.25, -0.2) is 18.4 Å². The number of nitrogens with one attached hydrogen (secondary N) is 1. The molecule has 2 heterocycles. The molecule has 0 unspecified atom stereocenters. The van der Waals surface area contributed by atoms with Gasteiger partial charge < -0.3 is 5.73 Å². The zero-order valence-corrected chi connectivity index (χ0v) is 17.9. The molecule has 4 aromatic rings. The number of rotatable bonds is 5. The van der Waals surface area contributed by atoms with Gasteiger partial charge in [0.15, 0.2) is 5.82 Å². The first-order chi connectivity index (χ1) is 14.3. The van der Waals surface area contributed by atoms with Crippen LogP contribution in [0.1, 0.15) is 12.5 Å². The molecule has 0 fully saturated rings. The smallest absolute Gasteiger partial charge is 0.264 e. The van der Waals surface area contributed by atoms with E-state index >= 15 is 0 Å². The monoisotopic (exact) mass is 442 g/mol. The van der Waals surface area contributed by atoms with Gasteiger partial charge in [-0.3, -0.25) is 9.40 Å². The number of hydrogen-bond acceptors (Lipinski definition) is 6. The Balaban J connectivity index is 1.75. The van der Waals surface area contributed by atoms with E-state index in [1.807, 2.05) is 19.1 Å². The van der Waals surface area contributed by atoms with Gasteiger partial charge in [0, 0.05) is 30.3 Å². The molecule has 0 radical (unpaired) electrons. The molecule has 0 aliphatic heterocycles. The Kier molecular flexibility index (Phi) is 5.08. The van der Waals surface area contributed by atoms with Gasteiger partial charge in [0.05, 0.1) is 16.2 Å². The maximum absolute atomic E-state index is 12.7. The molecule has 2 aromatic heterocycles. The van der Waals surface area contributed by atoms with Crippen LogP contribution in [0.25, 0.3) is 22.2 Å². The summed E-state index contributed by atoms with van der Waals surface area (Å²) in [5, 5.41) is 5.30. The molecule has 0 spiro atoms. The molecule has 2 aromatic carbocycles. The molecule has 0 aliphatic rings. The highest BCUT2D eigenvalue weighted by molar-refractivity contribution is 7.92. The number of benzene rings is 2. The molecule has 0 bridgehead atoms. The number of aromatic nitrogens is 4. The van der Waals surface area contributed by atoms with Crippen LogP contribution in [0.4, 0.5) is 11.8 Å². The summed E-state index contributed by atoms with van der Waals surface area (Å²) in [4.78, 5) is 8.41. The summed E-state index contributed by atoms with van der Waals surface area (Å²) in [6.45, 7) is 2.03. The van der Waals surface area contributed by atoms with Crippen molar-refractivity contribution >= 4 is 44.3 Å². The van der Waals surface area contributed by atoms with Crippen molar-refractivity contribution in [1.82, 2.24) is 19.7 Å². The largest absolute Gasteiger partial charge is 0.368 e. The average Bonchev–Trinajstić information content (AvgIpc) is 3.06. The maximum Gasteiger partial charge on any atom is 0.264 e. The first kappa shape index (κ1) is 20.1. The number of fused-ring (bicyclic) bond motifs is 1. The first-order valence-electron chi connectivity index (χ1n) is 9.15. The molecule has 3 N–H and O–H groups in total. The third kappa shape index (κ3) is 3.69. The van der Waals surface area contributed by atoms with Gasteiger partial charge in [-0.15, -0.1) is 0 Å². The lowest BCUT2D eigenvalue weighted by molar-refractivity contribution is 0.601. The molecule has 0 saturated heterocycles. The zero-order chi connectivity index (χ0) is 21.5. The van der Waals surface area contributed by atoms with Crippen LogP contribution in [0, 0.1) is 0 Å². The van der Waals surface area contributed by atoms with Crippen LogP contribution in [-0.4, -0.2) is 28.2 Å². The van der Waals surface area contributed by atoms with Crippen molar-refractivity contribution in [2.45, 2.75) is 18.2 Å². The van der Waals surface area contributed by atoms with Crippen molar-refractivity contribution in [3.8, 4) is 11.3 Å². The molecule has 0 saturated carbocycles. The molecular weight excluding hydrogens is 424 g/mol. The van der Waals surface area contributed by atoms with Crippen LogP contribution < -0.4 is 10.5 Å². The topological polar surface area (TPSA) is 116 Å². The lowest BCUT2D eigenvalue weighted by Crippen LogP contribution is -2.14. The van der Waals surface area contributed by atoms with Gasteiger partial charge in [0.25, 0.3) is 10.0 Å². The summed E-state index contributed by atoms with van der Waals surface area (Å²) in [5.74, 6) is 0.417. The van der Waals surface area contributed by atoms with Gasteiger partial charge in [0.1, 0.15) is 4.90 Å². The normalized spacial score (nSPS) is 11.7. The highest BCUT2D eigenvalue weighted by Gasteiger charge is 2.20. The molecule has 10 heteroatoms. The number of nitrogens with zero attached hydrogens (tertiary/aromatic N) is 4. The number of hydrogen-bond donors (Lipinski definition) is 2. The summed E-state index contributed by atoms with van der Waals surface area (Å²) in [6, 6.07) is 11.8. The molecule has 0 amide bonds. The highest BCUT2D eigenvalue weighted by atomic mass is 35.5. The number of nitrogens with two attached hydrogens (primary N) is 1. The van der Waals surface area contributed by atoms with E-state index in [2.05, 4.69) is 19.8 Å². The highest BCUT2D eigenvalue weighted by Crippen LogP contribution is 2.30. The second kappa shape index (κ2) is 7.58. The Hall–Kier alpha value is -3.17. The summed E-state index contributed by atoms with van der Waals surface area (Å²) >= 11 is 6.04. The van der Waals surface area contributed by atoms with Crippen LogP contribution >= 0.6 is 11.6 Å². The number of sulfonamides is 1. The van der Waals surface area contributed by atoms with Crippen molar-refractivity contribution in [1.29, 1.82) is 0 Å². The number of nitrogen functional groups attached to an aromatic ring is 1. The van der Waals surface area contributed by atoms with E-state index in [4.69, 9.17) is 17.3 Å². The fraction of sp³-hybridized carbons (Fsp3) is 0.150. The van der Waals surface area contributed by atoms with E-state index in [9.17, 15) is 8.42 Å². The van der Waals surface area contributed by atoms with E-state index in [-0.39, 0.29) is 21.7 Å². The molecule has 0 atom stereocenters. The minimum atomic E-state index is -3.87. The molecule has 30 heavy (non-hydrogen) atoms. The molecule has 4 rings (SSSR count). The van der Waals surface area contributed by atoms with Crippen molar-refractivity contribution in [3.05, 3.63) is 59.2 Å². The predicted octanol–water partition coefficient (Wildman–Crippen LogP) is 3.63. The quantitative estimate of drug-likeness (QED) is 0.487. The van der Waals surface area contributed by atoms with Gasteiger partial charge in [-0.05, 0) is 36.2 Å². The van der Waals surface area contributed by atoms with Gasteiger partial charge in [-0.2, -0.15) is 5.10 Å². The number of halogens is 1. The SMILES string of the molecule is CCc1cc(-c2cc(NS(=O)(=O)c3ccccc3Cl)nn2C)cc2cnc(N)nc12. The van der Waals surface area contributed by atoms with Crippen LogP contribution in [0.3, 0.4) is 0 Å². The van der Waals surface area contributed by atoms with Gasteiger partial charge in [0.2, 0.25) is 5.95 Å². The standard InChI is InChI=1S/C20H19ClN6O2S/c1-3-12-8-13(9-14-11-23-20(22)24-19(12)14)16-10-18(25-27(16)2)26-30(28,29)17-7-5-4-6-15(17)21/h4-11H,3H2,1-2H3,(H,25,26)(H2,22,23,24). The predicted molar refractivity (Wildman–Crippen MR) is 118 cm³/mol. The van der Waals surface area contributed by atoms with Crippen LogP contribution in [0.2, 0.25) is 5.02 Å². The Morgan fingerprint density at radius 1 is 1.20 bits per heavy atom. The lowest BCUT2D eigenvalue weighted by Gasteiger charge is -2.08. The molecule has 0 aliphatic carbocycles.